The standard InChI is InChI=1S/C20H29NO5/c1-2-3-10-17(18(22)11-12-19-24-13-7-14-25-19)21-20(23)26-15-16-8-5-4-6-9-16/h4-6,8-9,17,19H,2-3,7,10-15H2,1H3,(H,21,23)/t17-/m0/s1. The lowest BCUT2D eigenvalue weighted by Gasteiger charge is -2.24. The predicted octanol–water partition coefficient (Wildman–Crippen LogP) is 3.58. The van der Waals surface area contributed by atoms with Crippen LogP contribution in [0.5, 0.6) is 0 Å². The van der Waals surface area contributed by atoms with Crippen LogP contribution in [0, 0.1) is 0 Å². The number of alkyl carbamates (subject to hydrolysis) is 1. The molecule has 144 valence electrons. The summed E-state index contributed by atoms with van der Waals surface area (Å²) in [6.07, 6.45) is 3.28. The van der Waals surface area contributed by atoms with Crippen molar-refractivity contribution in [2.45, 2.75) is 64.4 Å². The van der Waals surface area contributed by atoms with E-state index in [4.69, 9.17) is 14.2 Å². The van der Waals surface area contributed by atoms with Gasteiger partial charge in [0, 0.05) is 12.8 Å². The number of carbonyl (C=O) groups is 2. The molecule has 1 aromatic carbocycles. The van der Waals surface area contributed by atoms with Gasteiger partial charge in [-0.1, -0.05) is 50.1 Å². The highest BCUT2D eigenvalue weighted by Gasteiger charge is 2.23. The minimum absolute atomic E-state index is 0.00659. The summed E-state index contributed by atoms with van der Waals surface area (Å²) in [5.41, 5.74) is 0.908. The van der Waals surface area contributed by atoms with Crippen molar-refractivity contribution in [3.8, 4) is 0 Å². The molecule has 1 aliphatic rings. The van der Waals surface area contributed by atoms with E-state index in [2.05, 4.69) is 12.2 Å². The topological polar surface area (TPSA) is 73.9 Å². The molecule has 0 aliphatic carbocycles. The summed E-state index contributed by atoms with van der Waals surface area (Å²) < 4.78 is 16.2. The van der Waals surface area contributed by atoms with Crippen LogP contribution in [0.1, 0.15) is 51.0 Å². The van der Waals surface area contributed by atoms with Crippen molar-refractivity contribution in [3.63, 3.8) is 0 Å². The number of nitrogens with one attached hydrogen (secondary N) is 1. The molecule has 1 aromatic rings. The van der Waals surface area contributed by atoms with E-state index in [1.54, 1.807) is 0 Å². The number of Topliss-reactive ketones (excluding diaryl/α,β-unsaturated/α-hetero) is 1. The molecular formula is C20H29NO5. The summed E-state index contributed by atoms with van der Waals surface area (Å²) in [6.45, 7) is 3.58. The van der Waals surface area contributed by atoms with Crippen LogP contribution in [0.3, 0.4) is 0 Å². The third-order valence-corrected chi connectivity index (χ3v) is 4.26. The Labute approximate surface area is 155 Å². The summed E-state index contributed by atoms with van der Waals surface area (Å²) in [5, 5.41) is 2.72. The minimum Gasteiger partial charge on any atom is -0.445 e. The summed E-state index contributed by atoms with van der Waals surface area (Å²) in [4.78, 5) is 24.6. The number of hydrogen-bond acceptors (Lipinski definition) is 5. The number of benzene rings is 1. The van der Waals surface area contributed by atoms with Gasteiger partial charge in [0.05, 0.1) is 19.3 Å². The van der Waals surface area contributed by atoms with Crippen molar-refractivity contribution < 1.29 is 23.8 Å². The minimum atomic E-state index is -0.562. The summed E-state index contributed by atoms with van der Waals surface area (Å²) in [6, 6.07) is 8.93. The van der Waals surface area contributed by atoms with E-state index in [0.29, 0.717) is 32.5 Å². The first-order valence-corrected chi connectivity index (χ1v) is 9.42. The number of ketones is 1. The molecule has 6 heteroatoms. The number of carbonyl (C=O) groups excluding carboxylic acids is 2. The van der Waals surface area contributed by atoms with Crippen molar-refractivity contribution in [1.82, 2.24) is 5.32 Å². The van der Waals surface area contributed by atoms with Crippen molar-refractivity contribution in [2.75, 3.05) is 13.2 Å². The molecule has 0 aromatic heterocycles. The van der Waals surface area contributed by atoms with Gasteiger partial charge < -0.3 is 19.5 Å². The summed E-state index contributed by atoms with van der Waals surface area (Å²) in [5.74, 6) is -0.00659. The monoisotopic (exact) mass is 363 g/mol. The maximum absolute atomic E-state index is 12.5. The molecular weight excluding hydrogens is 334 g/mol. The van der Waals surface area contributed by atoms with Gasteiger partial charge in [-0.15, -0.1) is 0 Å². The fraction of sp³-hybridized carbons (Fsp3) is 0.600. The van der Waals surface area contributed by atoms with E-state index in [9.17, 15) is 9.59 Å². The Morgan fingerprint density at radius 1 is 1.23 bits per heavy atom. The quantitative estimate of drug-likeness (QED) is 0.688. The summed E-state index contributed by atoms with van der Waals surface area (Å²) >= 11 is 0. The molecule has 0 spiro atoms. The average Bonchev–Trinajstić information content (AvgIpc) is 2.69. The second-order valence-corrected chi connectivity index (χ2v) is 6.43. The highest BCUT2D eigenvalue weighted by Crippen LogP contribution is 2.13. The lowest BCUT2D eigenvalue weighted by Crippen LogP contribution is -2.41. The van der Waals surface area contributed by atoms with Crippen LogP contribution in [0.15, 0.2) is 30.3 Å². The number of rotatable bonds is 10. The zero-order valence-corrected chi connectivity index (χ0v) is 15.4. The number of hydrogen-bond donors (Lipinski definition) is 1. The van der Waals surface area contributed by atoms with Crippen LogP contribution >= 0.6 is 0 Å². The molecule has 1 atom stereocenters. The largest absolute Gasteiger partial charge is 0.445 e. The molecule has 0 unspecified atom stereocenters. The second-order valence-electron chi connectivity index (χ2n) is 6.43. The van der Waals surface area contributed by atoms with Crippen molar-refractivity contribution in [1.29, 1.82) is 0 Å². The SMILES string of the molecule is CCCC[C@H](NC(=O)OCc1ccccc1)C(=O)CCC1OCCCO1. The first-order chi connectivity index (χ1) is 12.7. The fourth-order valence-electron chi connectivity index (χ4n) is 2.77. The van der Waals surface area contributed by atoms with E-state index >= 15 is 0 Å². The molecule has 6 nitrogen and oxygen atoms in total. The van der Waals surface area contributed by atoms with Gasteiger partial charge in [0.1, 0.15) is 6.61 Å². The van der Waals surface area contributed by atoms with E-state index in [1.165, 1.54) is 0 Å². The first-order valence-electron chi connectivity index (χ1n) is 9.42. The maximum atomic E-state index is 12.5. The average molecular weight is 363 g/mol. The molecule has 0 bridgehead atoms. The Morgan fingerprint density at radius 2 is 1.96 bits per heavy atom. The predicted molar refractivity (Wildman–Crippen MR) is 97.6 cm³/mol. The van der Waals surface area contributed by atoms with E-state index in [1.807, 2.05) is 30.3 Å². The molecule has 0 radical (unpaired) electrons. The van der Waals surface area contributed by atoms with Crippen LogP contribution in [0.2, 0.25) is 0 Å². The number of ether oxygens (including phenoxy) is 3. The third kappa shape index (κ3) is 7.54. The van der Waals surface area contributed by atoms with Gasteiger partial charge in [-0.3, -0.25) is 4.79 Å². The zero-order valence-electron chi connectivity index (χ0n) is 15.4. The van der Waals surface area contributed by atoms with Gasteiger partial charge in [-0.25, -0.2) is 4.79 Å². The van der Waals surface area contributed by atoms with Crippen LogP contribution in [0.4, 0.5) is 4.79 Å². The molecule has 1 N–H and O–H groups in total. The smallest absolute Gasteiger partial charge is 0.408 e. The lowest BCUT2D eigenvalue weighted by atomic mass is 10.0. The van der Waals surface area contributed by atoms with Crippen LogP contribution in [-0.2, 0) is 25.6 Å². The highest BCUT2D eigenvalue weighted by atomic mass is 16.7. The fourth-order valence-corrected chi connectivity index (χ4v) is 2.77. The highest BCUT2D eigenvalue weighted by molar-refractivity contribution is 5.87. The molecule has 1 saturated heterocycles. The van der Waals surface area contributed by atoms with Gasteiger partial charge in [0.25, 0.3) is 0 Å². The van der Waals surface area contributed by atoms with E-state index in [-0.39, 0.29) is 18.7 Å². The molecule has 1 fully saturated rings. The Balaban J connectivity index is 1.78. The number of unbranched alkanes of at least 4 members (excludes halogenated alkanes) is 1. The van der Waals surface area contributed by atoms with Crippen LogP contribution in [-0.4, -0.2) is 37.4 Å². The van der Waals surface area contributed by atoms with Gasteiger partial charge in [-0.2, -0.15) is 0 Å². The van der Waals surface area contributed by atoms with Gasteiger partial charge in [0.2, 0.25) is 0 Å². The van der Waals surface area contributed by atoms with E-state index in [0.717, 1.165) is 24.8 Å². The van der Waals surface area contributed by atoms with Gasteiger partial charge in [-0.05, 0) is 18.4 Å². The Morgan fingerprint density at radius 3 is 2.65 bits per heavy atom. The Kier molecular flexibility index (Phi) is 9.14. The summed E-state index contributed by atoms with van der Waals surface area (Å²) in [7, 11) is 0. The molecule has 1 heterocycles. The Bertz CT molecular complexity index is 542. The van der Waals surface area contributed by atoms with Crippen molar-refractivity contribution >= 4 is 11.9 Å². The second kappa shape index (κ2) is 11.6. The van der Waals surface area contributed by atoms with Gasteiger partial charge >= 0.3 is 6.09 Å². The third-order valence-electron chi connectivity index (χ3n) is 4.26. The van der Waals surface area contributed by atoms with Gasteiger partial charge in [0.15, 0.2) is 12.1 Å². The van der Waals surface area contributed by atoms with E-state index < -0.39 is 12.1 Å². The van der Waals surface area contributed by atoms with Crippen molar-refractivity contribution in [3.05, 3.63) is 35.9 Å². The molecule has 26 heavy (non-hydrogen) atoms. The normalized spacial score (nSPS) is 16.0. The van der Waals surface area contributed by atoms with Crippen LogP contribution < -0.4 is 5.32 Å². The first kappa shape index (κ1) is 20.4. The molecule has 1 amide bonds. The molecule has 2 rings (SSSR count). The zero-order chi connectivity index (χ0) is 18.6. The number of amides is 1. The maximum Gasteiger partial charge on any atom is 0.408 e. The van der Waals surface area contributed by atoms with Crippen molar-refractivity contribution in [2.24, 2.45) is 0 Å². The lowest BCUT2D eigenvalue weighted by molar-refractivity contribution is -0.182. The van der Waals surface area contributed by atoms with Crippen LogP contribution in [0.25, 0.3) is 0 Å². The molecule has 0 saturated carbocycles. The molecule has 1 aliphatic heterocycles. The Hall–Kier alpha value is -1.92.